The maximum atomic E-state index is 13.6. The van der Waals surface area contributed by atoms with Gasteiger partial charge in [0.15, 0.2) is 0 Å². The molecule has 1 aliphatic rings. The monoisotopic (exact) mass is 624 g/mol. The summed E-state index contributed by atoms with van der Waals surface area (Å²) in [4.78, 5) is 18.3. The Morgan fingerprint density at radius 3 is 1.95 bits per heavy atom. The van der Waals surface area contributed by atoms with Crippen LogP contribution in [0.1, 0.15) is 66.3 Å². The molecule has 1 amide bonds. The van der Waals surface area contributed by atoms with Gasteiger partial charge in [-0.3, -0.25) is 9.88 Å². The third kappa shape index (κ3) is 6.45. The minimum absolute atomic E-state index is 0.0559. The maximum absolute atomic E-state index is 13.6. The van der Waals surface area contributed by atoms with E-state index in [0.717, 1.165) is 23.1 Å². The van der Waals surface area contributed by atoms with Gasteiger partial charge in [-0.25, -0.2) is 4.79 Å². The van der Waals surface area contributed by atoms with Crippen molar-refractivity contribution in [2.75, 3.05) is 0 Å². The summed E-state index contributed by atoms with van der Waals surface area (Å²) in [7, 11) is 0. The molecule has 0 unspecified atom stereocenters. The molecular formula is C28H22ClF9N2O2. The van der Waals surface area contributed by atoms with Crippen molar-refractivity contribution in [1.29, 1.82) is 0 Å². The normalized spacial score (nSPS) is 18.1. The average molecular weight is 625 g/mol. The third-order valence-electron chi connectivity index (χ3n) is 6.82. The molecule has 4 nitrogen and oxygen atoms in total. The molecule has 1 aromatic heterocycles. The van der Waals surface area contributed by atoms with Crippen LogP contribution in [0, 0.1) is 0 Å². The van der Waals surface area contributed by atoms with E-state index < -0.39 is 65.6 Å². The van der Waals surface area contributed by atoms with Gasteiger partial charge in [-0.15, -0.1) is 0 Å². The lowest BCUT2D eigenvalue weighted by Crippen LogP contribution is -2.32. The van der Waals surface area contributed by atoms with Gasteiger partial charge in [-0.2, -0.15) is 39.5 Å². The average Bonchev–Trinajstić information content (AvgIpc) is 3.15. The number of rotatable bonds is 5. The molecule has 0 N–H and O–H groups in total. The van der Waals surface area contributed by atoms with Gasteiger partial charge in [-0.1, -0.05) is 31.5 Å². The summed E-state index contributed by atoms with van der Waals surface area (Å²) < 4.78 is 127. The van der Waals surface area contributed by atoms with Crippen molar-refractivity contribution >= 4 is 17.7 Å². The molecule has 1 saturated heterocycles. The number of halogens is 10. The molecule has 1 fully saturated rings. The van der Waals surface area contributed by atoms with E-state index in [4.69, 9.17) is 16.3 Å². The Hall–Kier alpha value is -3.48. The number of nitrogens with zero attached hydrogens (tertiary/aromatic N) is 2. The molecule has 2 aromatic carbocycles. The molecule has 0 radical (unpaired) electrons. The van der Waals surface area contributed by atoms with E-state index in [1.807, 2.05) is 13.8 Å². The second-order valence-corrected chi connectivity index (χ2v) is 10.5. The fraction of sp³-hybridized carbons (Fsp3) is 0.357. The molecule has 0 bridgehead atoms. The van der Waals surface area contributed by atoms with Crippen molar-refractivity contribution in [1.82, 2.24) is 9.88 Å². The summed E-state index contributed by atoms with van der Waals surface area (Å²) in [6.07, 6.45) is -17.8. The lowest BCUT2D eigenvalue weighted by Gasteiger charge is -2.24. The summed E-state index contributed by atoms with van der Waals surface area (Å²) in [6, 6.07) is 5.58. The van der Waals surface area contributed by atoms with Gasteiger partial charge in [0.1, 0.15) is 6.10 Å². The first-order valence-corrected chi connectivity index (χ1v) is 12.8. The highest BCUT2D eigenvalue weighted by Crippen LogP contribution is 2.42. The van der Waals surface area contributed by atoms with Gasteiger partial charge in [-0.05, 0) is 66.4 Å². The number of carbonyl (C=O) groups excluding carboxylic acids is 1. The zero-order chi connectivity index (χ0) is 31.4. The highest BCUT2D eigenvalue weighted by molar-refractivity contribution is 6.33. The Balaban J connectivity index is 1.78. The zero-order valence-electron chi connectivity index (χ0n) is 22.0. The fourth-order valence-corrected chi connectivity index (χ4v) is 4.79. The van der Waals surface area contributed by atoms with Gasteiger partial charge in [0.25, 0.3) is 0 Å². The molecule has 42 heavy (non-hydrogen) atoms. The summed E-state index contributed by atoms with van der Waals surface area (Å²) >= 11 is 6.34. The first-order chi connectivity index (χ1) is 19.3. The number of hydrogen-bond acceptors (Lipinski definition) is 3. The van der Waals surface area contributed by atoms with Crippen LogP contribution in [-0.4, -0.2) is 22.0 Å². The van der Waals surface area contributed by atoms with Crippen LogP contribution in [0.4, 0.5) is 44.3 Å². The third-order valence-corrected chi connectivity index (χ3v) is 7.12. The molecular weight excluding hydrogens is 603 g/mol. The number of alkyl halides is 9. The molecule has 0 saturated carbocycles. The first kappa shape index (κ1) is 31.5. The highest BCUT2D eigenvalue weighted by atomic mass is 35.5. The Morgan fingerprint density at radius 2 is 1.43 bits per heavy atom. The van der Waals surface area contributed by atoms with Crippen LogP contribution in [0.5, 0.6) is 0 Å². The number of ether oxygens (including phenoxy) is 1. The molecule has 2 heterocycles. The van der Waals surface area contributed by atoms with Gasteiger partial charge in [0.2, 0.25) is 0 Å². The summed E-state index contributed by atoms with van der Waals surface area (Å²) in [6.45, 7) is 4.45. The van der Waals surface area contributed by atoms with Crippen LogP contribution in [0.3, 0.4) is 0 Å². The highest BCUT2D eigenvalue weighted by Gasteiger charge is 2.44. The van der Waals surface area contributed by atoms with Crippen molar-refractivity contribution in [2.45, 2.75) is 63.9 Å². The second kappa shape index (κ2) is 11.0. The van der Waals surface area contributed by atoms with Crippen LogP contribution in [0.2, 0.25) is 5.02 Å². The number of benzene rings is 2. The van der Waals surface area contributed by atoms with Crippen molar-refractivity contribution in [2.24, 2.45) is 0 Å². The van der Waals surface area contributed by atoms with Gasteiger partial charge >= 0.3 is 24.6 Å². The first-order valence-electron chi connectivity index (χ1n) is 12.4. The van der Waals surface area contributed by atoms with Crippen LogP contribution in [-0.2, 0) is 29.8 Å². The fourth-order valence-electron chi connectivity index (χ4n) is 4.59. The number of cyclic esters (lactones) is 1. The Morgan fingerprint density at radius 1 is 0.857 bits per heavy atom. The Labute approximate surface area is 239 Å². The molecule has 0 aliphatic carbocycles. The minimum atomic E-state index is -5.13. The summed E-state index contributed by atoms with van der Waals surface area (Å²) in [5, 5.41) is 0.110. The van der Waals surface area contributed by atoms with Crippen LogP contribution < -0.4 is 0 Å². The van der Waals surface area contributed by atoms with Crippen molar-refractivity contribution < 1.29 is 49.0 Å². The Kier molecular flexibility index (Phi) is 8.22. The van der Waals surface area contributed by atoms with Crippen LogP contribution >= 0.6 is 11.6 Å². The predicted molar refractivity (Wildman–Crippen MR) is 134 cm³/mol. The molecule has 4 rings (SSSR count). The van der Waals surface area contributed by atoms with Gasteiger partial charge in [0.05, 0.1) is 40.0 Å². The smallest absolute Gasteiger partial charge is 0.416 e. The SMILES string of the molecule is CC(C)c1ccc(Cl)c(-c2ccc(C(F)(F)F)cc2CN2C(=O)O[C@H](c3cc(C(F)(F)F)cc(C(F)(F)F)c3)[C@H]2C)n1. The molecule has 1 aliphatic heterocycles. The molecule has 0 spiro atoms. The summed E-state index contributed by atoms with van der Waals surface area (Å²) in [5.41, 5.74) is -4.02. The van der Waals surface area contributed by atoms with E-state index in [1.54, 1.807) is 6.07 Å². The second-order valence-electron chi connectivity index (χ2n) is 10.1. The van der Waals surface area contributed by atoms with Gasteiger partial charge < -0.3 is 4.74 Å². The van der Waals surface area contributed by atoms with Crippen molar-refractivity contribution in [3.05, 3.63) is 87.1 Å². The number of aromatic nitrogens is 1. The Bertz CT molecular complexity index is 1470. The van der Waals surface area contributed by atoms with Crippen molar-refractivity contribution in [3.8, 4) is 11.3 Å². The van der Waals surface area contributed by atoms with E-state index in [1.165, 1.54) is 13.0 Å². The lowest BCUT2D eigenvalue weighted by molar-refractivity contribution is -0.143. The van der Waals surface area contributed by atoms with E-state index in [2.05, 4.69) is 4.98 Å². The van der Waals surface area contributed by atoms with E-state index in [9.17, 15) is 44.3 Å². The number of pyridine rings is 1. The van der Waals surface area contributed by atoms with E-state index in [-0.39, 0.29) is 33.8 Å². The summed E-state index contributed by atoms with van der Waals surface area (Å²) in [5.74, 6) is -0.0673. The van der Waals surface area contributed by atoms with Crippen LogP contribution in [0.25, 0.3) is 11.3 Å². The number of carbonyl (C=O) groups is 1. The molecule has 2 atom stereocenters. The lowest BCUT2D eigenvalue weighted by atomic mass is 9.96. The van der Waals surface area contributed by atoms with Crippen LogP contribution in [0.15, 0.2) is 48.5 Å². The molecule has 3 aromatic rings. The standard InChI is InChI=1S/C28H22ClF9N2O2/c1-13(2)22-7-6-21(29)23(39-22)20-5-4-17(26(30,31)32)10-16(20)12-40-14(3)24(42-25(40)41)15-8-18(27(33,34)35)11-19(9-15)28(36,37)38/h4-11,13-14,24H,12H2,1-3H3/t14-,24+/m1/s1. The van der Waals surface area contributed by atoms with E-state index >= 15 is 0 Å². The molecule has 226 valence electrons. The predicted octanol–water partition coefficient (Wildman–Crippen LogP) is 9.66. The quantitative estimate of drug-likeness (QED) is 0.266. The van der Waals surface area contributed by atoms with Crippen molar-refractivity contribution in [3.63, 3.8) is 0 Å². The maximum Gasteiger partial charge on any atom is 0.416 e. The molecule has 14 heteroatoms. The minimum Gasteiger partial charge on any atom is -0.439 e. The number of amides is 1. The van der Waals surface area contributed by atoms with Gasteiger partial charge in [0, 0.05) is 11.3 Å². The number of hydrogen-bond donors (Lipinski definition) is 0. The zero-order valence-corrected chi connectivity index (χ0v) is 22.8. The van der Waals surface area contributed by atoms with E-state index in [0.29, 0.717) is 17.8 Å². The largest absolute Gasteiger partial charge is 0.439 e. The topological polar surface area (TPSA) is 42.4 Å².